The van der Waals surface area contributed by atoms with Gasteiger partial charge in [-0.15, -0.1) is 0 Å². The molecular weight excluding hydrogens is 256 g/mol. The minimum absolute atomic E-state index is 0.217. The molecule has 0 saturated heterocycles. The minimum atomic E-state index is 0.217. The summed E-state index contributed by atoms with van der Waals surface area (Å²) in [6, 6.07) is 4.11. The van der Waals surface area contributed by atoms with Crippen LogP contribution >= 0.6 is 23.4 Å². The van der Waals surface area contributed by atoms with Crippen LogP contribution in [-0.4, -0.2) is 34.7 Å². The average Bonchev–Trinajstić information content (AvgIpc) is 2.34. The molecule has 0 aliphatic rings. The quantitative estimate of drug-likeness (QED) is 0.565. The van der Waals surface area contributed by atoms with Crippen molar-refractivity contribution in [3.05, 3.63) is 29.0 Å². The van der Waals surface area contributed by atoms with Crippen LogP contribution in [0.15, 0.2) is 18.3 Å². The van der Waals surface area contributed by atoms with E-state index in [0.717, 1.165) is 30.0 Å². The molecule has 17 heavy (non-hydrogen) atoms. The Bertz CT molecular complexity index is 325. The van der Waals surface area contributed by atoms with Gasteiger partial charge in [-0.2, -0.15) is 11.8 Å². The number of rotatable bonds is 8. The molecule has 0 aromatic carbocycles. The van der Waals surface area contributed by atoms with Crippen molar-refractivity contribution in [3.8, 4) is 0 Å². The number of nitrogens with one attached hydrogen (secondary N) is 1. The Kier molecular flexibility index (Phi) is 7.60. The predicted octanol–water partition coefficient (Wildman–Crippen LogP) is 2.50. The molecule has 96 valence electrons. The van der Waals surface area contributed by atoms with Crippen molar-refractivity contribution in [1.82, 2.24) is 10.3 Å². The van der Waals surface area contributed by atoms with Gasteiger partial charge in [0, 0.05) is 36.7 Å². The maximum Gasteiger partial charge on any atom is 0.133 e. The highest BCUT2D eigenvalue weighted by Gasteiger charge is 2.08. The molecule has 0 saturated carbocycles. The molecule has 5 heteroatoms. The van der Waals surface area contributed by atoms with Gasteiger partial charge in [0.25, 0.3) is 0 Å². The zero-order valence-electron chi connectivity index (χ0n) is 10.0. The van der Waals surface area contributed by atoms with Crippen molar-refractivity contribution in [2.75, 3.05) is 24.7 Å². The van der Waals surface area contributed by atoms with Gasteiger partial charge in [-0.3, -0.25) is 0 Å². The predicted molar refractivity (Wildman–Crippen MR) is 74.7 cm³/mol. The molecule has 1 aromatic rings. The Morgan fingerprint density at radius 2 is 2.35 bits per heavy atom. The fraction of sp³-hybridized carbons (Fsp3) is 0.583. The number of aliphatic hydroxyl groups is 1. The lowest BCUT2D eigenvalue weighted by molar-refractivity contribution is 0.296. The van der Waals surface area contributed by atoms with E-state index in [1.807, 2.05) is 23.9 Å². The van der Waals surface area contributed by atoms with Gasteiger partial charge in [-0.05, 0) is 25.2 Å². The van der Waals surface area contributed by atoms with Crippen molar-refractivity contribution in [2.45, 2.75) is 19.4 Å². The van der Waals surface area contributed by atoms with Gasteiger partial charge in [-0.25, -0.2) is 4.98 Å². The zero-order valence-corrected chi connectivity index (χ0v) is 11.6. The molecular formula is C12H19ClN2OS. The number of halogens is 1. The number of aliphatic hydroxyl groups excluding tert-OH is 1. The molecule has 1 heterocycles. The fourth-order valence-electron chi connectivity index (χ4n) is 1.45. The lowest BCUT2D eigenvalue weighted by Gasteiger charge is -2.14. The van der Waals surface area contributed by atoms with Crippen molar-refractivity contribution >= 4 is 23.4 Å². The van der Waals surface area contributed by atoms with E-state index in [4.69, 9.17) is 16.7 Å². The molecule has 1 atom stereocenters. The molecule has 0 spiro atoms. The summed E-state index contributed by atoms with van der Waals surface area (Å²) in [6.45, 7) is 3.30. The summed E-state index contributed by atoms with van der Waals surface area (Å²) < 4.78 is 0. The molecule has 0 fully saturated rings. The Balaban J connectivity index is 2.21. The van der Waals surface area contributed by atoms with Crippen LogP contribution in [0.25, 0.3) is 0 Å². The Labute approximate surface area is 112 Å². The molecule has 2 N–H and O–H groups in total. The van der Waals surface area contributed by atoms with Gasteiger partial charge in [-0.1, -0.05) is 17.7 Å². The summed E-state index contributed by atoms with van der Waals surface area (Å²) >= 11 is 7.86. The summed E-state index contributed by atoms with van der Waals surface area (Å²) in [5.74, 6) is 2.06. The first-order valence-electron chi connectivity index (χ1n) is 5.78. The lowest BCUT2D eigenvalue weighted by Crippen LogP contribution is -2.21. The van der Waals surface area contributed by atoms with Gasteiger partial charge in [0.05, 0.1) is 0 Å². The van der Waals surface area contributed by atoms with E-state index in [2.05, 4.69) is 17.2 Å². The topological polar surface area (TPSA) is 45.1 Å². The van der Waals surface area contributed by atoms with E-state index in [0.29, 0.717) is 5.15 Å². The molecule has 1 rings (SSSR count). The van der Waals surface area contributed by atoms with Crippen LogP contribution in [0.2, 0.25) is 5.15 Å². The van der Waals surface area contributed by atoms with Gasteiger partial charge in [0.1, 0.15) is 5.15 Å². The summed E-state index contributed by atoms with van der Waals surface area (Å²) in [6.07, 6.45) is 2.57. The third kappa shape index (κ3) is 5.73. The molecule has 3 nitrogen and oxygen atoms in total. The average molecular weight is 275 g/mol. The summed E-state index contributed by atoms with van der Waals surface area (Å²) in [7, 11) is 0. The molecule has 0 aliphatic heterocycles. The number of thioether (sulfide) groups is 1. The molecule has 1 aromatic heterocycles. The normalized spacial score (nSPS) is 12.6. The van der Waals surface area contributed by atoms with Crippen LogP contribution < -0.4 is 5.32 Å². The maximum atomic E-state index is 8.64. The number of aromatic nitrogens is 1. The van der Waals surface area contributed by atoms with E-state index in [1.54, 1.807) is 6.20 Å². The van der Waals surface area contributed by atoms with Crippen molar-refractivity contribution in [2.24, 2.45) is 0 Å². The van der Waals surface area contributed by atoms with Crippen molar-refractivity contribution in [1.29, 1.82) is 0 Å². The Morgan fingerprint density at radius 3 is 3.06 bits per heavy atom. The summed E-state index contributed by atoms with van der Waals surface area (Å²) in [4.78, 5) is 4.06. The fourth-order valence-corrected chi connectivity index (χ4v) is 2.53. The van der Waals surface area contributed by atoms with Crippen LogP contribution in [0.4, 0.5) is 0 Å². The first-order valence-corrected chi connectivity index (χ1v) is 7.31. The molecule has 0 bridgehead atoms. The molecule has 0 amide bonds. The van der Waals surface area contributed by atoms with Crippen molar-refractivity contribution < 1.29 is 5.11 Å². The van der Waals surface area contributed by atoms with Gasteiger partial charge in [0.15, 0.2) is 0 Å². The standard InChI is InChI=1S/C12H19ClN2OS/c1-10(11-4-2-5-15-12(11)13)14-6-9-17-8-3-7-16/h2,4-5,10,14,16H,3,6-9H2,1H3. The van der Waals surface area contributed by atoms with E-state index >= 15 is 0 Å². The van der Waals surface area contributed by atoms with E-state index in [9.17, 15) is 0 Å². The zero-order chi connectivity index (χ0) is 12.5. The van der Waals surface area contributed by atoms with Gasteiger partial charge >= 0.3 is 0 Å². The first kappa shape index (κ1) is 14.8. The number of hydrogen-bond donors (Lipinski definition) is 2. The second-order valence-corrected chi connectivity index (χ2v) is 5.33. The third-order valence-electron chi connectivity index (χ3n) is 2.40. The van der Waals surface area contributed by atoms with Crippen LogP contribution in [0, 0.1) is 0 Å². The van der Waals surface area contributed by atoms with Crippen LogP contribution in [-0.2, 0) is 0 Å². The second kappa shape index (κ2) is 8.75. The van der Waals surface area contributed by atoms with Crippen LogP contribution in [0.1, 0.15) is 24.9 Å². The highest BCUT2D eigenvalue weighted by molar-refractivity contribution is 7.99. The molecule has 1 unspecified atom stereocenters. The second-order valence-electron chi connectivity index (χ2n) is 3.75. The maximum absolute atomic E-state index is 8.64. The highest BCUT2D eigenvalue weighted by Crippen LogP contribution is 2.19. The lowest BCUT2D eigenvalue weighted by atomic mass is 10.1. The summed E-state index contributed by atoms with van der Waals surface area (Å²) in [5.41, 5.74) is 1.04. The SMILES string of the molecule is CC(NCCSCCCO)c1cccnc1Cl. The van der Waals surface area contributed by atoms with E-state index < -0.39 is 0 Å². The number of nitrogens with zero attached hydrogens (tertiary/aromatic N) is 1. The van der Waals surface area contributed by atoms with Crippen molar-refractivity contribution in [3.63, 3.8) is 0 Å². The molecule has 0 radical (unpaired) electrons. The van der Waals surface area contributed by atoms with Gasteiger partial charge in [0.2, 0.25) is 0 Å². The molecule has 0 aliphatic carbocycles. The summed E-state index contributed by atoms with van der Waals surface area (Å²) in [5, 5.41) is 12.6. The van der Waals surface area contributed by atoms with E-state index in [-0.39, 0.29) is 12.6 Å². The highest BCUT2D eigenvalue weighted by atomic mass is 35.5. The largest absolute Gasteiger partial charge is 0.396 e. The van der Waals surface area contributed by atoms with Crippen LogP contribution in [0.5, 0.6) is 0 Å². The number of hydrogen-bond acceptors (Lipinski definition) is 4. The smallest absolute Gasteiger partial charge is 0.133 e. The van der Waals surface area contributed by atoms with Crippen LogP contribution in [0.3, 0.4) is 0 Å². The van der Waals surface area contributed by atoms with Gasteiger partial charge < -0.3 is 10.4 Å². The Hall–Kier alpha value is -0.290. The number of pyridine rings is 1. The Morgan fingerprint density at radius 1 is 1.53 bits per heavy atom. The third-order valence-corrected chi connectivity index (χ3v) is 3.78. The monoisotopic (exact) mass is 274 g/mol. The minimum Gasteiger partial charge on any atom is -0.396 e. The first-order chi connectivity index (χ1) is 8.25. The van der Waals surface area contributed by atoms with E-state index in [1.165, 1.54) is 0 Å².